The van der Waals surface area contributed by atoms with Gasteiger partial charge in [-0.3, -0.25) is 9.59 Å². The molecule has 0 aromatic rings. The van der Waals surface area contributed by atoms with Crippen molar-refractivity contribution in [1.82, 2.24) is 0 Å². The van der Waals surface area contributed by atoms with Gasteiger partial charge in [0.25, 0.3) is 0 Å². The molecular weight excluding hydrogens is 749 g/mol. The van der Waals surface area contributed by atoms with E-state index in [1.54, 1.807) is 0 Å². The maximum Gasteiger partial charge on any atom is 0.306 e. The first kappa shape index (κ1) is 55.5. The van der Waals surface area contributed by atoms with E-state index in [2.05, 4.69) is 26.0 Å². The zero-order valence-corrected chi connectivity index (χ0v) is 38.0. The van der Waals surface area contributed by atoms with Gasteiger partial charge in [-0.05, 0) is 38.5 Å². The minimum atomic E-state index is -1.59. The summed E-state index contributed by atoms with van der Waals surface area (Å²) in [7, 11) is 0. The highest BCUT2D eigenvalue weighted by Crippen LogP contribution is 2.23. The molecule has 0 radical (unpaired) electrons. The molecule has 10 heteroatoms. The first-order chi connectivity index (χ1) is 28.8. The Morgan fingerprint density at radius 1 is 0.508 bits per heavy atom. The highest BCUT2D eigenvalue weighted by molar-refractivity contribution is 5.70. The van der Waals surface area contributed by atoms with Crippen molar-refractivity contribution in [3.8, 4) is 0 Å². The van der Waals surface area contributed by atoms with E-state index in [9.17, 15) is 30.0 Å². The van der Waals surface area contributed by atoms with Crippen LogP contribution in [0.3, 0.4) is 0 Å². The van der Waals surface area contributed by atoms with E-state index in [-0.39, 0.29) is 32.0 Å². The molecule has 0 amide bonds. The van der Waals surface area contributed by atoms with Gasteiger partial charge in [-0.1, -0.05) is 193 Å². The average Bonchev–Trinajstić information content (AvgIpc) is 3.23. The van der Waals surface area contributed by atoms with Gasteiger partial charge in [0.15, 0.2) is 12.4 Å². The van der Waals surface area contributed by atoms with Crippen molar-refractivity contribution >= 4 is 11.9 Å². The van der Waals surface area contributed by atoms with E-state index in [0.29, 0.717) is 6.42 Å². The molecule has 348 valence electrons. The average molecular weight is 841 g/mol. The zero-order chi connectivity index (χ0) is 43.0. The van der Waals surface area contributed by atoms with Gasteiger partial charge >= 0.3 is 11.9 Å². The van der Waals surface area contributed by atoms with Gasteiger partial charge in [-0.25, -0.2) is 0 Å². The van der Waals surface area contributed by atoms with Crippen LogP contribution in [0.5, 0.6) is 0 Å². The van der Waals surface area contributed by atoms with E-state index in [4.69, 9.17) is 18.9 Å². The first-order valence-corrected chi connectivity index (χ1v) is 24.8. The third kappa shape index (κ3) is 31.9. The predicted octanol–water partition coefficient (Wildman–Crippen LogP) is 11.1. The number of aliphatic hydroxyl groups is 4. The summed E-state index contributed by atoms with van der Waals surface area (Å²) in [6.45, 7) is 3.45. The molecule has 1 heterocycles. The summed E-state index contributed by atoms with van der Waals surface area (Å²) in [6, 6.07) is 0. The largest absolute Gasteiger partial charge is 0.462 e. The molecular formula is C49H92O10. The van der Waals surface area contributed by atoms with Crippen molar-refractivity contribution in [2.24, 2.45) is 0 Å². The number of carbonyl (C=O) groups excluding carboxylic acids is 2. The van der Waals surface area contributed by atoms with Crippen LogP contribution in [0.2, 0.25) is 0 Å². The summed E-state index contributed by atoms with van der Waals surface area (Å²) in [5.41, 5.74) is 0. The molecule has 0 aromatic carbocycles. The Balaban J connectivity index is 2.24. The molecule has 0 spiro atoms. The molecule has 10 nitrogen and oxygen atoms in total. The molecule has 0 saturated carbocycles. The van der Waals surface area contributed by atoms with Gasteiger partial charge in [0.1, 0.15) is 31.0 Å². The summed E-state index contributed by atoms with van der Waals surface area (Å²) in [5.74, 6) is -0.794. The number of unbranched alkanes of at least 4 members (excludes halogenated alkanes) is 29. The van der Waals surface area contributed by atoms with Crippen LogP contribution < -0.4 is 0 Å². The summed E-state index contributed by atoms with van der Waals surface area (Å²) in [4.78, 5) is 25.4. The number of carbonyl (C=O) groups is 2. The molecule has 1 saturated heterocycles. The molecule has 1 fully saturated rings. The van der Waals surface area contributed by atoms with E-state index >= 15 is 0 Å². The van der Waals surface area contributed by atoms with Gasteiger partial charge in [-0.15, -0.1) is 0 Å². The number of hydrogen-bond donors (Lipinski definition) is 4. The van der Waals surface area contributed by atoms with Gasteiger partial charge in [0, 0.05) is 12.8 Å². The van der Waals surface area contributed by atoms with E-state index in [1.807, 2.05) is 0 Å². The van der Waals surface area contributed by atoms with Crippen LogP contribution in [-0.2, 0) is 28.5 Å². The Hall–Kier alpha value is -1.56. The second-order valence-electron chi connectivity index (χ2n) is 17.3. The van der Waals surface area contributed by atoms with Gasteiger partial charge in [0.05, 0.1) is 13.2 Å². The molecule has 6 atom stereocenters. The fourth-order valence-corrected chi connectivity index (χ4v) is 7.71. The third-order valence-electron chi connectivity index (χ3n) is 11.7. The lowest BCUT2D eigenvalue weighted by atomic mass is 9.99. The van der Waals surface area contributed by atoms with E-state index < -0.39 is 49.4 Å². The molecule has 0 aliphatic carbocycles. The van der Waals surface area contributed by atoms with Crippen LogP contribution in [-0.4, -0.2) is 89.0 Å². The Morgan fingerprint density at radius 2 is 0.898 bits per heavy atom. The number of esters is 2. The van der Waals surface area contributed by atoms with E-state index in [1.165, 1.54) is 161 Å². The van der Waals surface area contributed by atoms with Crippen LogP contribution in [0, 0.1) is 0 Å². The maximum atomic E-state index is 12.8. The monoisotopic (exact) mass is 841 g/mol. The normalized spacial score (nSPS) is 20.0. The number of allylic oxidation sites excluding steroid dienone is 2. The Labute approximate surface area is 361 Å². The molecule has 59 heavy (non-hydrogen) atoms. The van der Waals surface area contributed by atoms with Gasteiger partial charge in [-0.2, -0.15) is 0 Å². The number of hydrogen-bond acceptors (Lipinski definition) is 10. The van der Waals surface area contributed by atoms with Crippen molar-refractivity contribution in [1.29, 1.82) is 0 Å². The lowest BCUT2D eigenvalue weighted by Gasteiger charge is -2.39. The number of rotatable bonds is 42. The molecule has 4 N–H and O–H groups in total. The molecule has 1 rings (SSSR count). The first-order valence-electron chi connectivity index (χ1n) is 24.8. The summed E-state index contributed by atoms with van der Waals surface area (Å²) in [5, 5.41) is 40.1. The maximum absolute atomic E-state index is 12.8. The highest BCUT2D eigenvalue weighted by Gasteiger charge is 2.44. The SMILES string of the molecule is CCCCCCCC/C=C/CCCCCCCCCCCCCC(=O)OC[C@@H](CO[C@H]1O[C@@H](CO)[C@@H](O)C(O)C1O)OC(=O)CCCCCCCCCCCCCCC. The lowest BCUT2D eigenvalue weighted by Crippen LogP contribution is -2.59. The second kappa shape index (κ2) is 40.5. The standard InChI is InChI=1S/C49H92O10/c1-3-5-7-9-11-13-15-17-18-19-20-21-22-23-24-26-27-29-31-33-35-37-44(51)56-40-42(41-57-49-48(55)47(54)46(53)43(39-50)59-49)58-45(52)38-36-34-32-30-28-25-16-14-12-10-8-6-4-2/h17-18,42-43,46-50,53-55H,3-16,19-41H2,1-2H3/b18-17+/t42-,43-,46+,47?,48?,49-/m0/s1. The number of aliphatic hydroxyl groups excluding tert-OH is 4. The van der Waals surface area contributed by atoms with E-state index in [0.717, 1.165) is 38.5 Å². The predicted molar refractivity (Wildman–Crippen MR) is 238 cm³/mol. The topological polar surface area (TPSA) is 152 Å². The Kier molecular flexibility index (Phi) is 38.1. The van der Waals surface area contributed by atoms with Crippen LogP contribution in [0.1, 0.15) is 232 Å². The number of ether oxygens (including phenoxy) is 4. The van der Waals surface area contributed by atoms with Crippen LogP contribution in [0.15, 0.2) is 12.2 Å². The summed E-state index contributed by atoms with van der Waals surface area (Å²) < 4.78 is 22.2. The Bertz CT molecular complexity index is 974. The summed E-state index contributed by atoms with van der Waals surface area (Å²) in [6.07, 6.45) is 36.5. The van der Waals surface area contributed by atoms with Gasteiger partial charge < -0.3 is 39.4 Å². The van der Waals surface area contributed by atoms with Crippen molar-refractivity contribution in [3.63, 3.8) is 0 Å². The van der Waals surface area contributed by atoms with Crippen molar-refractivity contribution in [2.45, 2.75) is 269 Å². The quantitative estimate of drug-likeness (QED) is 0.0265. The van der Waals surface area contributed by atoms with Gasteiger partial charge in [0.2, 0.25) is 0 Å². The minimum Gasteiger partial charge on any atom is -0.462 e. The molecule has 0 aromatic heterocycles. The smallest absolute Gasteiger partial charge is 0.306 e. The highest BCUT2D eigenvalue weighted by atomic mass is 16.7. The fourth-order valence-electron chi connectivity index (χ4n) is 7.71. The molecule has 0 bridgehead atoms. The van der Waals surface area contributed by atoms with Crippen molar-refractivity contribution in [2.75, 3.05) is 19.8 Å². The van der Waals surface area contributed by atoms with Crippen molar-refractivity contribution in [3.05, 3.63) is 12.2 Å². The molecule has 1 aliphatic rings. The lowest BCUT2D eigenvalue weighted by molar-refractivity contribution is -0.305. The minimum absolute atomic E-state index is 0.212. The van der Waals surface area contributed by atoms with Crippen LogP contribution in [0.25, 0.3) is 0 Å². The zero-order valence-electron chi connectivity index (χ0n) is 38.0. The van der Waals surface area contributed by atoms with Crippen molar-refractivity contribution < 1.29 is 49.0 Å². The van der Waals surface area contributed by atoms with Crippen LogP contribution in [0.4, 0.5) is 0 Å². The third-order valence-corrected chi connectivity index (χ3v) is 11.7. The summed E-state index contributed by atoms with van der Waals surface area (Å²) >= 11 is 0. The Morgan fingerprint density at radius 3 is 1.32 bits per heavy atom. The molecule has 2 unspecified atom stereocenters. The second-order valence-corrected chi connectivity index (χ2v) is 17.3. The van der Waals surface area contributed by atoms with Crippen LogP contribution >= 0.6 is 0 Å². The molecule has 1 aliphatic heterocycles. The fraction of sp³-hybridized carbons (Fsp3) is 0.918.